The van der Waals surface area contributed by atoms with E-state index in [1.807, 2.05) is 0 Å². The maximum absolute atomic E-state index is 11.3. The van der Waals surface area contributed by atoms with Crippen LogP contribution < -0.4 is 5.73 Å². The highest BCUT2D eigenvalue weighted by Gasteiger charge is 2.33. The summed E-state index contributed by atoms with van der Waals surface area (Å²) < 4.78 is 27.6. The zero-order valence-electron chi connectivity index (χ0n) is 9.41. The molecule has 1 aromatic heterocycles. The Labute approximate surface area is 98.9 Å². The Hall–Kier alpha value is -0.990. The highest BCUT2D eigenvalue weighted by Crippen LogP contribution is 2.27. The van der Waals surface area contributed by atoms with Crippen LogP contribution in [0.4, 0.5) is 0 Å². The Balaban J connectivity index is 2.14. The van der Waals surface area contributed by atoms with Gasteiger partial charge in [0, 0.05) is 5.92 Å². The van der Waals surface area contributed by atoms with Crippen molar-refractivity contribution in [3.8, 4) is 0 Å². The lowest BCUT2D eigenvalue weighted by atomic mass is 10.1. The van der Waals surface area contributed by atoms with Crippen molar-refractivity contribution in [3.63, 3.8) is 0 Å². The van der Waals surface area contributed by atoms with Crippen molar-refractivity contribution in [3.05, 3.63) is 11.7 Å². The van der Waals surface area contributed by atoms with E-state index in [1.165, 1.54) is 6.92 Å². The minimum Gasteiger partial charge on any atom is -0.391 e. The molecule has 3 unspecified atom stereocenters. The maximum atomic E-state index is 11.3. The molecule has 0 spiro atoms. The first-order valence-electron chi connectivity index (χ1n) is 5.36. The predicted molar refractivity (Wildman–Crippen MR) is 58.9 cm³/mol. The number of hydrogen-bond acceptors (Lipinski definition) is 7. The summed E-state index contributed by atoms with van der Waals surface area (Å²) in [6.45, 7) is 1.52. The maximum Gasteiger partial charge on any atom is 0.246 e. The van der Waals surface area contributed by atoms with Crippen LogP contribution in [-0.2, 0) is 9.84 Å². The summed E-state index contributed by atoms with van der Waals surface area (Å²) in [5, 5.41) is 13.0. The van der Waals surface area contributed by atoms with Gasteiger partial charge in [-0.3, -0.25) is 0 Å². The molecule has 0 amide bonds. The number of hydrogen-bond donors (Lipinski definition) is 2. The molecule has 2 rings (SSSR count). The predicted octanol–water partition coefficient (Wildman–Crippen LogP) is -0.648. The van der Waals surface area contributed by atoms with Crippen molar-refractivity contribution < 1.29 is 18.0 Å². The fraction of sp³-hybridized carbons (Fsp3) is 0.778. The normalized spacial score (nSPS) is 26.9. The standard InChI is InChI=1S/C9H15N3O4S/c1-5(13)7(10)9-11-8(12-16-9)6-2-3-17(14,15)4-6/h5-7,13H,2-4,10H2,1H3. The molecule has 0 aliphatic carbocycles. The van der Waals surface area contributed by atoms with Gasteiger partial charge in [-0.2, -0.15) is 4.98 Å². The molecule has 1 aliphatic heterocycles. The zero-order chi connectivity index (χ0) is 12.6. The van der Waals surface area contributed by atoms with Gasteiger partial charge in [-0.15, -0.1) is 0 Å². The van der Waals surface area contributed by atoms with Crippen molar-refractivity contribution in [2.75, 3.05) is 11.5 Å². The van der Waals surface area contributed by atoms with E-state index in [-0.39, 0.29) is 23.3 Å². The number of aliphatic hydroxyl groups is 1. The second-order valence-electron chi connectivity index (χ2n) is 4.36. The van der Waals surface area contributed by atoms with Crippen LogP contribution >= 0.6 is 0 Å². The smallest absolute Gasteiger partial charge is 0.246 e. The van der Waals surface area contributed by atoms with Crippen molar-refractivity contribution in [1.29, 1.82) is 0 Å². The summed E-state index contributed by atoms with van der Waals surface area (Å²) in [6.07, 6.45) is -0.291. The van der Waals surface area contributed by atoms with Gasteiger partial charge in [0.05, 0.1) is 17.6 Å². The molecule has 1 fully saturated rings. The van der Waals surface area contributed by atoms with Crippen LogP contribution in [0.25, 0.3) is 0 Å². The molecule has 0 radical (unpaired) electrons. The monoisotopic (exact) mass is 261 g/mol. The summed E-state index contributed by atoms with van der Waals surface area (Å²) >= 11 is 0. The highest BCUT2D eigenvalue weighted by molar-refractivity contribution is 7.91. The topological polar surface area (TPSA) is 119 Å². The van der Waals surface area contributed by atoms with Crippen LogP contribution in [0.1, 0.15) is 37.0 Å². The fourth-order valence-electron chi connectivity index (χ4n) is 1.75. The molecule has 1 saturated heterocycles. The van der Waals surface area contributed by atoms with Gasteiger partial charge in [-0.25, -0.2) is 8.42 Å². The first-order chi connectivity index (χ1) is 7.89. The number of sulfone groups is 1. The third-order valence-corrected chi connectivity index (χ3v) is 4.63. The minimum atomic E-state index is -2.97. The van der Waals surface area contributed by atoms with Crippen LogP contribution in [0, 0.1) is 0 Å². The first kappa shape index (κ1) is 12.5. The van der Waals surface area contributed by atoms with Crippen molar-refractivity contribution in [2.45, 2.75) is 31.4 Å². The zero-order valence-corrected chi connectivity index (χ0v) is 10.2. The summed E-state index contributed by atoms with van der Waals surface area (Å²) in [4.78, 5) is 4.05. The molecule has 2 heterocycles. The van der Waals surface area contributed by atoms with Crippen LogP contribution in [0.15, 0.2) is 4.52 Å². The lowest BCUT2D eigenvalue weighted by Gasteiger charge is -2.08. The van der Waals surface area contributed by atoms with Gasteiger partial charge in [0.1, 0.15) is 6.04 Å². The van der Waals surface area contributed by atoms with Crippen LogP contribution in [-0.4, -0.2) is 41.3 Å². The molecular weight excluding hydrogens is 246 g/mol. The van der Waals surface area contributed by atoms with Crippen molar-refractivity contribution in [1.82, 2.24) is 10.1 Å². The Kier molecular flexibility index (Phi) is 3.19. The van der Waals surface area contributed by atoms with Gasteiger partial charge in [0.2, 0.25) is 5.89 Å². The molecule has 1 aliphatic rings. The molecule has 8 heteroatoms. The average Bonchev–Trinajstić information content (AvgIpc) is 2.82. The van der Waals surface area contributed by atoms with Crippen molar-refractivity contribution >= 4 is 9.84 Å². The van der Waals surface area contributed by atoms with Crippen LogP contribution in [0.3, 0.4) is 0 Å². The molecule has 0 bridgehead atoms. The molecule has 0 aromatic carbocycles. The van der Waals surface area contributed by atoms with E-state index in [2.05, 4.69) is 10.1 Å². The molecule has 0 saturated carbocycles. The van der Waals surface area contributed by atoms with Crippen LogP contribution in [0.5, 0.6) is 0 Å². The lowest BCUT2D eigenvalue weighted by molar-refractivity contribution is 0.146. The van der Waals surface area contributed by atoms with Crippen LogP contribution in [0.2, 0.25) is 0 Å². The first-order valence-corrected chi connectivity index (χ1v) is 7.19. The molecular formula is C9H15N3O4S. The van der Waals surface area contributed by atoms with E-state index in [0.717, 1.165) is 0 Å². The Bertz CT molecular complexity index is 496. The number of rotatable bonds is 3. The van der Waals surface area contributed by atoms with E-state index in [0.29, 0.717) is 12.2 Å². The Morgan fingerprint density at radius 2 is 2.29 bits per heavy atom. The quantitative estimate of drug-likeness (QED) is 0.742. The molecule has 3 atom stereocenters. The number of aliphatic hydroxyl groups excluding tert-OH is 1. The molecule has 96 valence electrons. The summed E-state index contributed by atoms with van der Waals surface area (Å²) in [7, 11) is -2.97. The fourth-order valence-corrected chi connectivity index (χ4v) is 3.49. The van der Waals surface area contributed by atoms with Gasteiger partial charge in [0.25, 0.3) is 0 Å². The Morgan fingerprint density at radius 3 is 2.82 bits per heavy atom. The lowest BCUT2D eigenvalue weighted by Crippen LogP contribution is -2.23. The molecule has 1 aromatic rings. The van der Waals surface area contributed by atoms with E-state index in [4.69, 9.17) is 10.3 Å². The SMILES string of the molecule is CC(O)C(N)c1nc(C2CCS(=O)(=O)C2)no1. The summed E-state index contributed by atoms with van der Waals surface area (Å²) in [5.41, 5.74) is 5.64. The third kappa shape index (κ3) is 2.64. The van der Waals surface area contributed by atoms with E-state index in [9.17, 15) is 13.5 Å². The van der Waals surface area contributed by atoms with Gasteiger partial charge in [-0.1, -0.05) is 5.16 Å². The minimum absolute atomic E-state index is 0.0515. The number of nitrogens with two attached hydrogens (primary N) is 1. The second kappa shape index (κ2) is 4.35. The van der Waals surface area contributed by atoms with E-state index >= 15 is 0 Å². The third-order valence-electron chi connectivity index (χ3n) is 2.86. The number of aromatic nitrogens is 2. The number of nitrogens with zero attached hydrogens (tertiary/aromatic N) is 2. The summed E-state index contributed by atoms with van der Waals surface area (Å²) in [6, 6.07) is -0.741. The van der Waals surface area contributed by atoms with Gasteiger partial charge >= 0.3 is 0 Å². The molecule has 7 nitrogen and oxygen atoms in total. The van der Waals surface area contributed by atoms with E-state index < -0.39 is 22.0 Å². The van der Waals surface area contributed by atoms with Gasteiger partial charge in [-0.05, 0) is 13.3 Å². The highest BCUT2D eigenvalue weighted by atomic mass is 32.2. The largest absolute Gasteiger partial charge is 0.391 e. The van der Waals surface area contributed by atoms with Gasteiger partial charge < -0.3 is 15.4 Å². The molecule has 3 N–H and O–H groups in total. The van der Waals surface area contributed by atoms with Crippen molar-refractivity contribution in [2.24, 2.45) is 5.73 Å². The van der Waals surface area contributed by atoms with Gasteiger partial charge in [0.15, 0.2) is 15.7 Å². The molecule has 17 heavy (non-hydrogen) atoms. The Morgan fingerprint density at radius 1 is 1.59 bits per heavy atom. The second-order valence-corrected chi connectivity index (χ2v) is 6.59. The average molecular weight is 261 g/mol. The van der Waals surface area contributed by atoms with E-state index in [1.54, 1.807) is 0 Å². The summed E-state index contributed by atoms with van der Waals surface area (Å²) in [5.74, 6) is 0.482.